The minimum Gasteiger partial charge on any atom is -0.396 e. The number of benzene rings is 2. The molecule has 10 heteroatoms. The Kier molecular flexibility index (Phi) is 5.94. The average molecular weight is 473 g/mol. The standard InChI is InChI=1S/C24H23F4N5O/c1-12-8-19-16(9-15(12)13-4-6-33(7-5-13)11-24(26,27)28)20(22(31)23(34)32-19)14-2-3-18(25)21(30)17(14)10-29/h2-4,8-10,29H,5-7,11,30-31H2,1H3,(H,32,34). The van der Waals surface area contributed by atoms with E-state index >= 15 is 0 Å². The number of aromatic amines is 1. The Morgan fingerprint density at radius 1 is 1.18 bits per heavy atom. The highest BCUT2D eigenvalue weighted by atomic mass is 19.4. The quantitative estimate of drug-likeness (QED) is 0.255. The van der Waals surface area contributed by atoms with E-state index in [1.54, 1.807) is 12.1 Å². The third-order valence-electron chi connectivity index (χ3n) is 6.09. The van der Waals surface area contributed by atoms with Gasteiger partial charge in [0.05, 0.1) is 12.2 Å². The maximum atomic E-state index is 14.0. The van der Waals surface area contributed by atoms with Crippen LogP contribution in [0.5, 0.6) is 0 Å². The minimum absolute atomic E-state index is 0.0976. The van der Waals surface area contributed by atoms with E-state index in [0.29, 0.717) is 28.5 Å². The van der Waals surface area contributed by atoms with E-state index in [1.165, 1.54) is 11.0 Å². The Bertz CT molecular complexity index is 1390. The topological polar surface area (TPSA) is 112 Å². The molecule has 6 N–H and O–H groups in total. The molecule has 0 fully saturated rings. The first-order valence-electron chi connectivity index (χ1n) is 10.5. The van der Waals surface area contributed by atoms with E-state index in [2.05, 4.69) is 4.98 Å². The molecule has 0 unspecified atom stereocenters. The van der Waals surface area contributed by atoms with Gasteiger partial charge in [0.2, 0.25) is 0 Å². The van der Waals surface area contributed by atoms with Gasteiger partial charge in [-0.25, -0.2) is 4.39 Å². The van der Waals surface area contributed by atoms with Crippen LogP contribution in [0, 0.1) is 18.2 Å². The Morgan fingerprint density at radius 2 is 1.91 bits per heavy atom. The largest absolute Gasteiger partial charge is 0.401 e. The molecule has 0 saturated heterocycles. The van der Waals surface area contributed by atoms with E-state index < -0.39 is 24.1 Å². The van der Waals surface area contributed by atoms with E-state index in [1.807, 2.05) is 13.0 Å². The molecule has 2 aromatic carbocycles. The summed E-state index contributed by atoms with van der Waals surface area (Å²) < 4.78 is 52.3. The van der Waals surface area contributed by atoms with Crippen molar-refractivity contribution in [3.8, 4) is 11.1 Å². The van der Waals surface area contributed by atoms with Gasteiger partial charge in [-0.3, -0.25) is 9.69 Å². The van der Waals surface area contributed by atoms with Crippen molar-refractivity contribution in [2.24, 2.45) is 0 Å². The van der Waals surface area contributed by atoms with Crippen LogP contribution in [0.15, 0.2) is 35.1 Å². The molecule has 34 heavy (non-hydrogen) atoms. The van der Waals surface area contributed by atoms with Gasteiger partial charge in [-0.05, 0) is 53.8 Å². The number of nitrogen functional groups attached to an aromatic ring is 2. The summed E-state index contributed by atoms with van der Waals surface area (Å²) in [5, 5.41) is 8.29. The van der Waals surface area contributed by atoms with E-state index in [4.69, 9.17) is 16.9 Å². The van der Waals surface area contributed by atoms with E-state index in [0.717, 1.165) is 29.0 Å². The number of rotatable bonds is 4. The fourth-order valence-corrected chi connectivity index (χ4v) is 4.44. The van der Waals surface area contributed by atoms with Crippen molar-refractivity contribution in [2.75, 3.05) is 31.1 Å². The second-order valence-electron chi connectivity index (χ2n) is 8.35. The highest BCUT2D eigenvalue weighted by Gasteiger charge is 2.31. The number of anilines is 2. The number of hydrogen-bond acceptors (Lipinski definition) is 5. The van der Waals surface area contributed by atoms with Crippen molar-refractivity contribution in [3.05, 3.63) is 63.2 Å². The van der Waals surface area contributed by atoms with Crippen LogP contribution >= 0.6 is 0 Å². The van der Waals surface area contributed by atoms with Crippen molar-refractivity contribution >= 4 is 34.1 Å². The number of nitrogens with one attached hydrogen (secondary N) is 2. The summed E-state index contributed by atoms with van der Waals surface area (Å²) in [4.78, 5) is 16.6. The fourth-order valence-electron chi connectivity index (χ4n) is 4.44. The zero-order valence-corrected chi connectivity index (χ0v) is 18.3. The second-order valence-corrected chi connectivity index (χ2v) is 8.35. The molecule has 1 aliphatic heterocycles. The molecule has 3 aromatic rings. The zero-order valence-electron chi connectivity index (χ0n) is 18.3. The number of halogens is 4. The molecule has 4 rings (SSSR count). The van der Waals surface area contributed by atoms with Crippen molar-refractivity contribution in [1.82, 2.24) is 9.88 Å². The maximum Gasteiger partial charge on any atom is 0.401 e. The molecule has 0 bridgehead atoms. The molecule has 0 radical (unpaired) electrons. The lowest BCUT2D eigenvalue weighted by atomic mass is 9.89. The summed E-state index contributed by atoms with van der Waals surface area (Å²) in [6.07, 6.45) is -1.15. The zero-order chi connectivity index (χ0) is 24.8. The monoisotopic (exact) mass is 473 g/mol. The van der Waals surface area contributed by atoms with Gasteiger partial charge in [0.15, 0.2) is 0 Å². The van der Waals surface area contributed by atoms with Gasteiger partial charge in [0.25, 0.3) is 5.56 Å². The first-order chi connectivity index (χ1) is 16.0. The summed E-state index contributed by atoms with van der Waals surface area (Å²) in [7, 11) is 0. The van der Waals surface area contributed by atoms with Crippen LogP contribution in [0.2, 0.25) is 0 Å². The number of alkyl halides is 3. The lowest BCUT2D eigenvalue weighted by molar-refractivity contribution is -0.144. The summed E-state index contributed by atoms with van der Waals surface area (Å²) in [6.45, 7) is 1.31. The van der Waals surface area contributed by atoms with Crippen LogP contribution in [-0.4, -0.2) is 41.9 Å². The molecule has 1 aliphatic rings. The van der Waals surface area contributed by atoms with Crippen molar-refractivity contribution in [3.63, 3.8) is 0 Å². The van der Waals surface area contributed by atoms with Crippen LogP contribution in [0.1, 0.15) is 23.1 Å². The first kappa shape index (κ1) is 23.5. The molecular weight excluding hydrogens is 450 g/mol. The fraction of sp³-hybridized carbons (Fsp3) is 0.250. The third-order valence-corrected chi connectivity index (χ3v) is 6.09. The molecule has 2 heterocycles. The summed E-state index contributed by atoms with van der Waals surface area (Å²) >= 11 is 0. The van der Waals surface area contributed by atoms with Crippen molar-refractivity contribution < 1.29 is 17.6 Å². The van der Waals surface area contributed by atoms with Crippen LogP contribution in [-0.2, 0) is 0 Å². The molecule has 0 amide bonds. The molecule has 6 nitrogen and oxygen atoms in total. The molecule has 0 atom stereocenters. The van der Waals surface area contributed by atoms with Crippen LogP contribution < -0.4 is 17.0 Å². The van der Waals surface area contributed by atoms with Gasteiger partial charge >= 0.3 is 6.18 Å². The van der Waals surface area contributed by atoms with Crippen LogP contribution in [0.3, 0.4) is 0 Å². The van der Waals surface area contributed by atoms with Crippen LogP contribution in [0.25, 0.3) is 27.6 Å². The Balaban J connectivity index is 1.89. The molecule has 178 valence electrons. The highest BCUT2D eigenvalue weighted by Crippen LogP contribution is 2.38. The molecular formula is C24H23F4N5O. The number of nitrogens with two attached hydrogens (primary N) is 2. The van der Waals surface area contributed by atoms with Crippen molar-refractivity contribution in [1.29, 1.82) is 5.41 Å². The Labute approximate surface area is 192 Å². The molecule has 1 aromatic heterocycles. The maximum absolute atomic E-state index is 14.0. The highest BCUT2D eigenvalue weighted by molar-refractivity contribution is 6.07. The van der Waals surface area contributed by atoms with Gasteiger partial charge in [0, 0.05) is 41.3 Å². The van der Waals surface area contributed by atoms with E-state index in [9.17, 15) is 22.4 Å². The third kappa shape index (κ3) is 4.28. The normalized spacial score (nSPS) is 14.9. The predicted octanol–water partition coefficient (Wildman–Crippen LogP) is 4.46. The summed E-state index contributed by atoms with van der Waals surface area (Å²) in [5.41, 5.74) is 14.9. The predicted molar refractivity (Wildman–Crippen MR) is 126 cm³/mol. The van der Waals surface area contributed by atoms with Gasteiger partial charge in [-0.15, -0.1) is 0 Å². The van der Waals surface area contributed by atoms with E-state index in [-0.39, 0.29) is 30.0 Å². The Hall–Kier alpha value is -3.66. The number of pyridine rings is 1. The molecule has 0 aliphatic carbocycles. The number of hydrogen-bond donors (Lipinski definition) is 4. The van der Waals surface area contributed by atoms with Gasteiger partial charge in [0.1, 0.15) is 11.5 Å². The van der Waals surface area contributed by atoms with Crippen molar-refractivity contribution in [2.45, 2.75) is 19.5 Å². The minimum atomic E-state index is -4.26. The number of fused-ring (bicyclic) bond motifs is 1. The van der Waals surface area contributed by atoms with Gasteiger partial charge < -0.3 is 21.9 Å². The first-order valence-corrected chi connectivity index (χ1v) is 10.5. The van der Waals surface area contributed by atoms with Crippen LogP contribution in [0.4, 0.5) is 28.9 Å². The van der Waals surface area contributed by atoms with Gasteiger partial charge in [-0.2, -0.15) is 13.2 Å². The smallest absolute Gasteiger partial charge is 0.396 e. The van der Waals surface area contributed by atoms with Gasteiger partial charge in [-0.1, -0.05) is 12.1 Å². The average Bonchev–Trinajstić information content (AvgIpc) is 2.76. The SMILES string of the molecule is Cc1cc2[nH]c(=O)c(N)c(-c3ccc(F)c(N)c3C=N)c2cc1C1=CCN(CC(F)(F)F)CC1. The number of nitrogens with zero attached hydrogens (tertiary/aromatic N) is 1. The number of aryl methyl sites for hydroxylation is 1. The summed E-state index contributed by atoms with van der Waals surface area (Å²) in [5.74, 6) is -0.692. The molecule has 0 saturated carbocycles. The lowest BCUT2D eigenvalue weighted by Gasteiger charge is -2.28. The summed E-state index contributed by atoms with van der Waals surface area (Å²) in [6, 6.07) is 6.17. The number of aromatic nitrogens is 1. The number of H-pyrrole nitrogens is 1. The molecule has 0 spiro atoms. The second kappa shape index (κ2) is 8.60. The Morgan fingerprint density at radius 3 is 2.53 bits per heavy atom. The lowest BCUT2D eigenvalue weighted by Crippen LogP contribution is -2.37.